The minimum Gasteiger partial charge on any atom is -0.426 e. The van der Waals surface area contributed by atoms with Crippen LogP contribution in [0, 0.1) is 11.8 Å². The Balaban J connectivity index is 1.97. The van der Waals surface area contributed by atoms with E-state index in [4.69, 9.17) is 4.74 Å². The van der Waals surface area contributed by atoms with Crippen molar-refractivity contribution in [3.8, 4) is 5.75 Å². The molecule has 1 aliphatic heterocycles. The lowest BCUT2D eigenvalue weighted by Crippen LogP contribution is -2.33. The Morgan fingerprint density at radius 1 is 1.09 bits per heavy atom. The van der Waals surface area contributed by atoms with E-state index in [-0.39, 0.29) is 11.7 Å². The molecule has 2 aromatic carbocycles. The monoisotopic (exact) mass is 294 g/mol. The van der Waals surface area contributed by atoms with Crippen LogP contribution in [0.3, 0.4) is 0 Å². The fraction of sp³-hybridized carbons (Fsp3) is 0.263. The first-order valence-corrected chi connectivity index (χ1v) is 7.59. The first-order valence-electron chi connectivity index (χ1n) is 7.59. The molecule has 2 atom stereocenters. The summed E-state index contributed by atoms with van der Waals surface area (Å²) >= 11 is 0. The number of esters is 1. The normalized spacial score (nSPS) is 20.7. The van der Waals surface area contributed by atoms with Gasteiger partial charge < -0.3 is 4.74 Å². The molecule has 0 aromatic heterocycles. The second-order valence-corrected chi connectivity index (χ2v) is 5.61. The molecule has 0 saturated heterocycles. The van der Waals surface area contributed by atoms with Gasteiger partial charge in [-0.15, -0.1) is 0 Å². The van der Waals surface area contributed by atoms with Crippen molar-refractivity contribution in [3.63, 3.8) is 0 Å². The van der Waals surface area contributed by atoms with Gasteiger partial charge in [-0.3, -0.25) is 9.59 Å². The highest BCUT2D eigenvalue weighted by Gasteiger charge is 2.38. The number of ether oxygens (including phenoxy) is 1. The lowest BCUT2D eigenvalue weighted by molar-refractivity contribution is -0.138. The molecule has 2 aromatic rings. The number of benzene rings is 2. The summed E-state index contributed by atoms with van der Waals surface area (Å²) in [5, 5.41) is 0. The highest BCUT2D eigenvalue weighted by Crippen LogP contribution is 2.33. The van der Waals surface area contributed by atoms with Gasteiger partial charge in [0.2, 0.25) is 0 Å². The van der Waals surface area contributed by atoms with E-state index in [9.17, 15) is 9.59 Å². The van der Waals surface area contributed by atoms with Gasteiger partial charge in [0.05, 0.1) is 0 Å². The number of fused-ring (bicyclic) bond motifs is 1. The fourth-order valence-electron chi connectivity index (χ4n) is 3.02. The third-order valence-corrected chi connectivity index (χ3v) is 4.26. The van der Waals surface area contributed by atoms with Gasteiger partial charge in [-0.1, -0.05) is 61.9 Å². The number of carbonyl (C=O) groups is 2. The minimum atomic E-state index is -0.736. The minimum absolute atomic E-state index is 0.0381. The van der Waals surface area contributed by atoms with Crippen LogP contribution in [-0.2, 0) is 11.2 Å². The number of hydrogen-bond donors (Lipinski definition) is 0. The van der Waals surface area contributed by atoms with E-state index in [1.807, 2.05) is 43.3 Å². The SMILES string of the molecule is CC[C@@H]1Cc2ccccc2OC(=O)[C@H]1C(=O)c1ccccc1. The average molecular weight is 294 g/mol. The summed E-state index contributed by atoms with van der Waals surface area (Å²) in [5.74, 6) is -0.783. The smallest absolute Gasteiger partial charge is 0.322 e. The van der Waals surface area contributed by atoms with Crippen LogP contribution in [-0.4, -0.2) is 11.8 Å². The molecule has 0 saturated carbocycles. The van der Waals surface area contributed by atoms with E-state index in [2.05, 4.69) is 0 Å². The molecule has 0 radical (unpaired) electrons. The van der Waals surface area contributed by atoms with E-state index in [1.54, 1.807) is 18.2 Å². The van der Waals surface area contributed by atoms with E-state index in [1.165, 1.54) is 0 Å². The standard InChI is InChI=1S/C19H18O3/c1-2-13-12-15-10-6-7-11-16(15)22-19(21)17(13)18(20)14-8-4-3-5-9-14/h3-11,13,17H,2,12H2,1H3/t13-,17-/m1/s1. The predicted molar refractivity (Wildman–Crippen MR) is 83.8 cm³/mol. The summed E-state index contributed by atoms with van der Waals surface area (Å²) < 4.78 is 5.48. The van der Waals surface area contributed by atoms with Gasteiger partial charge in [0.15, 0.2) is 5.78 Å². The fourth-order valence-corrected chi connectivity index (χ4v) is 3.02. The van der Waals surface area contributed by atoms with Crippen molar-refractivity contribution in [1.82, 2.24) is 0 Å². The van der Waals surface area contributed by atoms with Crippen molar-refractivity contribution in [2.45, 2.75) is 19.8 Å². The molecule has 1 heterocycles. The van der Waals surface area contributed by atoms with E-state index < -0.39 is 11.9 Å². The quantitative estimate of drug-likeness (QED) is 0.375. The molecular weight excluding hydrogens is 276 g/mol. The van der Waals surface area contributed by atoms with Crippen molar-refractivity contribution in [2.24, 2.45) is 11.8 Å². The van der Waals surface area contributed by atoms with Crippen molar-refractivity contribution in [1.29, 1.82) is 0 Å². The summed E-state index contributed by atoms with van der Waals surface area (Å²) in [5.41, 5.74) is 1.56. The van der Waals surface area contributed by atoms with Crippen molar-refractivity contribution in [3.05, 3.63) is 65.7 Å². The maximum absolute atomic E-state index is 12.8. The van der Waals surface area contributed by atoms with Gasteiger partial charge in [-0.05, 0) is 24.0 Å². The lowest BCUT2D eigenvalue weighted by Gasteiger charge is -2.20. The molecule has 22 heavy (non-hydrogen) atoms. The molecule has 3 nitrogen and oxygen atoms in total. The molecule has 3 heteroatoms. The van der Waals surface area contributed by atoms with Crippen molar-refractivity contribution < 1.29 is 14.3 Å². The zero-order valence-electron chi connectivity index (χ0n) is 12.5. The number of hydrogen-bond acceptors (Lipinski definition) is 3. The van der Waals surface area contributed by atoms with E-state index >= 15 is 0 Å². The van der Waals surface area contributed by atoms with Crippen LogP contribution in [0.25, 0.3) is 0 Å². The Morgan fingerprint density at radius 2 is 1.77 bits per heavy atom. The molecule has 0 unspecified atom stereocenters. The molecule has 1 aliphatic rings. The number of ketones is 1. The number of carbonyl (C=O) groups excluding carboxylic acids is 2. The van der Waals surface area contributed by atoms with Crippen LogP contribution in [0.4, 0.5) is 0 Å². The third-order valence-electron chi connectivity index (χ3n) is 4.26. The second-order valence-electron chi connectivity index (χ2n) is 5.61. The van der Waals surface area contributed by atoms with Gasteiger partial charge in [-0.2, -0.15) is 0 Å². The number of rotatable bonds is 3. The van der Waals surface area contributed by atoms with E-state index in [0.29, 0.717) is 17.7 Å². The maximum atomic E-state index is 12.8. The highest BCUT2D eigenvalue weighted by atomic mass is 16.5. The van der Waals surface area contributed by atoms with Gasteiger partial charge in [0.25, 0.3) is 0 Å². The topological polar surface area (TPSA) is 43.4 Å². The zero-order chi connectivity index (χ0) is 15.5. The third kappa shape index (κ3) is 2.67. The molecule has 0 bridgehead atoms. The molecular formula is C19H18O3. The number of para-hydroxylation sites is 1. The van der Waals surface area contributed by atoms with Crippen LogP contribution in [0.1, 0.15) is 29.3 Å². The summed E-state index contributed by atoms with van der Waals surface area (Å²) in [6, 6.07) is 16.5. The lowest BCUT2D eigenvalue weighted by atomic mass is 9.81. The van der Waals surface area contributed by atoms with E-state index in [0.717, 1.165) is 12.0 Å². The highest BCUT2D eigenvalue weighted by molar-refractivity contribution is 6.09. The maximum Gasteiger partial charge on any atom is 0.322 e. The first kappa shape index (κ1) is 14.5. The van der Waals surface area contributed by atoms with Crippen LogP contribution >= 0.6 is 0 Å². The second kappa shape index (κ2) is 6.14. The molecule has 0 spiro atoms. The Hall–Kier alpha value is -2.42. The Morgan fingerprint density at radius 3 is 2.50 bits per heavy atom. The first-order chi connectivity index (χ1) is 10.7. The van der Waals surface area contributed by atoms with Crippen LogP contribution in [0.15, 0.2) is 54.6 Å². The van der Waals surface area contributed by atoms with Crippen molar-refractivity contribution in [2.75, 3.05) is 0 Å². The molecule has 0 N–H and O–H groups in total. The predicted octanol–water partition coefficient (Wildman–Crippen LogP) is 3.67. The Kier molecular flexibility index (Phi) is 4.05. The zero-order valence-corrected chi connectivity index (χ0v) is 12.5. The van der Waals surface area contributed by atoms with Crippen LogP contribution < -0.4 is 4.74 Å². The van der Waals surface area contributed by atoms with Gasteiger partial charge in [-0.25, -0.2) is 0 Å². The average Bonchev–Trinajstić information content (AvgIpc) is 2.70. The van der Waals surface area contributed by atoms with Gasteiger partial charge in [0.1, 0.15) is 11.7 Å². The van der Waals surface area contributed by atoms with Crippen LogP contribution in [0.5, 0.6) is 5.75 Å². The number of Topliss-reactive ketones (excluding diaryl/α,β-unsaturated/α-hetero) is 1. The summed E-state index contributed by atoms with van der Waals surface area (Å²) in [6.07, 6.45) is 1.44. The molecule has 0 amide bonds. The van der Waals surface area contributed by atoms with Crippen LogP contribution in [0.2, 0.25) is 0 Å². The molecule has 0 fully saturated rings. The molecule has 0 aliphatic carbocycles. The molecule has 3 rings (SSSR count). The Bertz CT molecular complexity index is 691. The summed E-state index contributed by atoms with van der Waals surface area (Å²) in [6.45, 7) is 2.01. The Labute approximate surface area is 129 Å². The summed E-state index contributed by atoms with van der Waals surface area (Å²) in [7, 11) is 0. The van der Waals surface area contributed by atoms with Crippen molar-refractivity contribution >= 4 is 11.8 Å². The largest absolute Gasteiger partial charge is 0.426 e. The summed E-state index contributed by atoms with van der Waals surface area (Å²) in [4.78, 5) is 25.3. The van der Waals surface area contributed by atoms with Gasteiger partial charge >= 0.3 is 5.97 Å². The molecule has 112 valence electrons. The van der Waals surface area contributed by atoms with Gasteiger partial charge in [0, 0.05) is 5.56 Å².